The summed E-state index contributed by atoms with van der Waals surface area (Å²) in [6, 6.07) is 0. The molecule has 0 saturated heterocycles. The molecule has 3 heteroatoms. The summed E-state index contributed by atoms with van der Waals surface area (Å²) in [5.41, 5.74) is 0. The van der Waals surface area contributed by atoms with Crippen molar-refractivity contribution in [3.63, 3.8) is 0 Å². The fourth-order valence-corrected chi connectivity index (χ4v) is 0.375. The fraction of sp³-hybridized carbons (Fsp3) is 0.667. The molecule has 0 aliphatic heterocycles. The Balaban J connectivity index is 2.49. The molecule has 6 heavy (non-hydrogen) atoms. The zero-order chi connectivity index (χ0) is 4.83. The molecule has 1 unspecified atom stereocenters. The molecule has 0 aliphatic rings. The van der Waals surface area contributed by atoms with Crippen molar-refractivity contribution >= 4 is 14.8 Å². The summed E-state index contributed by atoms with van der Waals surface area (Å²) >= 11 is 0. The Morgan fingerprint density at radius 2 is 2.67 bits per heavy atom. The minimum absolute atomic E-state index is 0.257. The first kappa shape index (κ1) is 6.06. The smallest absolute Gasteiger partial charge is 0.0566 e. The Bertz CT molecular complexity index is 39.8. The summed E-state index contributed by atoms with van der Waals surface area (Å²) in [6.45, 7) is 2.63. The number of rotatable bonds is 3. The lowest BCUT2D eigenvalue weighted by Gasteiger charge is -1.86. The van der Waals surface area contributed by atoms with Crippen LogP contribution in [0.15, 0.2) is 0 Å². The highest BCUT2D eigenvalue weighted by molar-refractivity contribution is 7.50. The van der Waals surface area contributed by atoms with E-state index in [0.717, 1.165) is 0 Å². The third-order valence-corrected chi connectivity index (χ3v) is 0.860. The first-order valence-corrected chi connectivity index (χ1v) is 2.76. The summed E-state index contributed by atoms with van der Waals surface area (Å²) in [5.74, 6) is 1.27. The number of hydrogen-bond donors (Lipinski definition) is 1. The van der Waals surface area contributed by atoms with Gasteiger partial charge >= 0.3 is 0 Å². The van der Waals surface area contributed by atoms with Crippen molar-refractivity contribution in [1.29, 1.82) is 5.41 Å². The van der Waals surface area contributed by atoms with Crippen LogP contribution in [-0.4, -0.2) is 12.6 Å². The Hall–Kier alpha value is 0.0600. The van der Waals surface area contributed by atoms with E-state index in [1.165, 1.54) is 5.96 Å². The van der Waals surface area contributed by atoms with Gasteiger partial charge in [-0.15, -0.1) is 0 Å². The Labute approximate surface area is 39.3 Å². The van der Waals surface area contributed by atoms with Crippen molar-refractivity contribution in [3.8, 4) is 0 Å². The normalized spacial score (nSPS) is 10.2. The predicted molar refractivity (Wildman–Crippen MR) is 28.7 cm³/mol. The van der Waals surface area contributed by atoms with Crippen molar-refractivity contribution in [3.05, 3.63) is 0 Å². The molecule has 0 heterocycles. The minimum atomic E-state index is 0.257. The topological polar surface area (TPSA) is 33.1 Å². The van der Waals surface area contributed by atoms with Crippen LogP contribution in [0.5, 0.6) is 0 Å². The number of hydrogen-bond acceptors (Lipinski definition) is 2. The molecule has 0 aromatic heterocycles. The second kappa shape index (κ2) is 5.06. The molecule has 2 nitrogen and oxygen atoms in total. The molecule has 0 saturated carbocycles. The maximum Gasteiger partial charge on any atom is 0.0566 e. The third-order valence-electron chi connectivity index (χ3n) is 0.287. The van der Waals surface area contributed by atoms with E-state index in [-0.39, 0.29) is 8.81 Å². The Morgan fingerprint density at radius 1 is 2.00 bits per heavy atom. The van der Waals surface area contributed by atoms with Crippen molar-refractivity contribution in [2.24, 2.45) is 0 Å². The van der Waals surface area contributed by atoms with E-state index >= 15 is 0 Å². The maximum atomic E-state index is 6.47. The Morgan fingerprint density at radius 3 is 2.83 bits per heavy atom. The number of nitrogens with one attached hydrogen (secondary N) is 1. The average molecular weight is 105 g/mol. The molecule has 0 aromatic carbocycles. The second-order valence-electron chi connectivity index (χ2n) is 0.695. The van der Waals surface area contributed by atoms with Crippen LogP contribution >= 0.6 is 8.81 Å². The lowest BCUT2D eigenvalue weighted by Crippen LogP contribution is -1.70. The van der Waals surface area contributed by atoms with Crippen molar-refractivity contribution in [1.82, 2.24) is 0 Å². The average Bonchev–Trinajstić information content (AvgIpc) is 1.61. The summed E-state index contributed by atoms with van der Waals surface area (Å²) in [4.78, 5) is 0. The standard InChI is InChI=1S/C3H8NOP/c1-2-5-6-3-4/h3-4,6H,2H2,1H3. The molecule has 0 amide bonds. The van der Waals surface area contributed by atoms with Gasteiger partial charge in [0, 0.05) is 12.6 Å². The van der Waals surface area contributed by atoms with Crippen LogP contribution in [-0.2, 0) is 4.52 Å². The molecule has 0 aromatic rings. The molecule has 1 atom stereocenters. The summed E-state index contributed by atoms with van der Waals surface area (Å²) in [6.07, 6.45) is 0. The summed E-state index contributed by atoms with van der Waals surface area (Å²) in [7, 11) is 0.257. The van der Waals surface area contributed by atoms with Gasteiger partial charge in [-0.05, 0) is 6.92 Å². The van der Waals surface area contributed by atoms with Crippen LogP contribution in [0.2, 0.25) is 0 Å². The van der Waals surface area contributed by atoms with Gasteiger partial charge in [0.25, 0.3) is 0 Å². The SMILES string of the molecule is CCOPC=N. The van der Waals surface area contributed by atoms with Crippen LogP contribution in [0.1, 0.15) is 6.92 Å². The lowest BCUT2D eigenvalue weighted by molar-refractivity contribution is 0.396. The Kier molecular flexibility index (Phi) is 5.11. The van der Waals surface area contributed by atoms with Crippen molar-refractivity contribution < 1.29 is 4.52 Å². The van der Waals surface area contributed by atoms with E-state index in [4.69, 9.17) is 9.93 Å². The summed E-state index contributed by atoms with van der Waals surface area (Å²) < 4.78 is 4.77. The largest absolute Gasteiger partial charge is 0.357 e. The second-order valence-corrected chi connectivity index (χ2v) is 1.51. The molecular weight excluding hydrogens is 97.0 g/mol. The minimum Gasteiger partial charge on any atom is -0.357 e. The van der Waals surface area contributed by atoms with Crippen LogP contribution in [0.3, 0.4) is 0 Å². The highest BCUT2D eigenvalue weighted by Gasteiger charge is 1.69. The van der Waals surface area contributed by atoms with Crippen LogP contribution < -0.4 is 0 Å². The first-order valence-electron chi connectivity index (χ1n) is 1.78. The van der Waals surface area contributed by atoms with E-state index in [0.29, 0.717) is 6.61 Å². The molecule has 0 aliphatic carbocycles. The molecule has 0 fully saturated rings. The van der Waals surface area contributed by atoms with Gasteiger partial charge in [0.15, 0.2) is 0 Å². The van der Waals surface area contributed by atoms with Gasteiger partial charge in [-0.1, -0.05) is 0 Å². The fourth-order valence-electron chi connectivity index (χ4n) is 0.125. The summed E-state index contributed by atoms with van der Waals surface area (Å²) in [5, 5.41) is 6.47. The van der Waals surface area contributed by atoms with E-state index in [2.05, 4.69) is 0 Å². The van der Waals surface area contributed by atoms with Gasteiger partial charge in [0.2, 0.25) is 0 Å². The van der Waals surface area contributed by atoms with Gasteiger partial charge in [0.05, 0.1) is 8.81 Å². The zero-order valence-electron chi connectivity index (χ0n) is 3.69. The monoisotopic (exact) mass is 105 g/mol. The third kappa shape index (κ3) is 4.06. The van der Waals surface area contributed by atoms with Crippen molar-refractivity contribution in [2.45, 2.75) is 6.92 Å². The van der Waals surface area contributed by atoms with Crippen molar-refractivity contribution in [2.75, 3.05) is 6.61 Å². The highest BCUT2D eigenvalue weighted by atomic mass is 31.1. The van der Waals surface area contributed by atoms with E-state index in [1.807, 2.05) is 6.92 Å². The van der Waals surface area contributed by atoms with E-state index in [1.54, 1.807) is 0 Å². The molecule has 36 valence electrons. The van der Waals surface area contributed by atoms with E-state index < -0.39 is 0 Å². The molecule has 0 bridgehead atoms. The molecule has 0 rings (SSSR count). The van der Waals surface area contributed by atoms with Gasteiger partial charge in [-0.25, -0.2) is 0 Å². The van der Waals surface area contributed by atoms with Gasteiger partial charge < -0.3 is 9.93 Å². The quantitative estimate of drug-likeness (QED) is 0.326. The van der Waals surface area contributed by atoms with Gasteiger partial charge in [0.1, 0.15) is 0 Å². The molecular formula is C3H8NOP. The van der Waals surface area contributed by atoms with Gasteiger partial charge in [-0.3, -0.25) is 0 Å². The highest BCUT2D eigenvalue weighted by Crippen LogP contribution is 2.02. The molecule has 0 spiro atoms. The molecule has 0 radical (unpaired) electrons. The zero-order valence-corrected chi connectivity index (χ0v) is 4.69. The maximum absolute atomic E-state index is 6.47. The first-order chi connectivity index (χ1) is 2.91. The predicted octanol–water partition coefficient (Wildman–Crippen LogP) is 1.22. The lowest BCUT2D eigenvalue weighted by atomic mass is 10.9. The van der Waals surface area contributed by atoms with Crippen LogP contribution in [0.4, 0.5) is 0 Å². The van der Waals surface area contributed by atoms with Crippen LogP contribution in [0, 0.1) is 5.41 Å². The molecule has 1 N–H and O–H groups in total. The van der Waals surface area contributed by atoms with Gasteiger partial charge in [-0.2, -0.15) is 0 Å². The van der Waals surface area contributed by atoms with E-state index in [9.17, 15) is 0 Å². The van der Waals surface area contributed by atoms with Crippen LogP contribution in [0.25, 0.3) is 0 Å².